The van der Waals surface area contributed by atoms with Crippen LogP contribution >= 0.6 is 11.6 Å². The number of hydrogen-bond donors (Lipinski definition) is 0. The largest absolute Gasteiger partial charge is 0.486 e. The minimum absolute atomic E-state index is 0.119. The van der Waals surface area contributed by atoms with Gasteiger partial charge in [-0.25, -0.2) is 12.8 Å². The van der Waals surface area contributed by atoms with Gasteiger partial charge in [0.15, 0.2) is 8.32 Å². The van der Waals surface area contributed by atoms with Gasteiger partial charge in [0.2, 0.25) is 0 Å². The first-order valence-electron chi connectivity index (χ1n) is 14.3. The van der Waals surface area contributed by atoms with Crippen LogP contribution < -0.4 is 9.04 Å². The zero-order valence-electron chi connectivity index (χ0n) is 25.5. The van der Waals surface area contributed by atoms with Crippen LogP contribution in [0, 0.1) is 12.7 Å². The zero-order valence-corrected chi connectivity index (χ0v) is 28.1. The summed E-state index contributed by atoms with van der Waals surface area (Å²) in [6, 6.07) is 16.9. The summed E-state index contributed by atoms with van der Waals surface area (Å²) in [5, 5.41) is 0.433. The highest BCUT2D eigenvalue weighted by Gasteiger charge is 2.38. The molecule has 0 aromatic heterocycles. The van der Waals surface area contributed by atoms with E-state index < -0.39 is 24.2 Å². The standard InChI is InChI=1S/C33H41ClFNO4SSi/c1-23-11-8-13-27(19-23)41(37,38)36-22-26(12-10-18-39-42(6,7)33(3,4)5)40-31-17-16-25(21-30(31)36)20-24(2)32-28(34)14-9-15-29(32)35/h8-9,11,13-17,19-21,26H,10,12,18,22H2,1-7H3/b24-20+/t26-/m0/s1. The molecule has 0 amide bonds. The molecule has 0 saturated heterocycles. The van der Waals surface area contributed by atoms with Gasteiger partial charge in [0.05, 0.1) is 22.2 Å². The van der Waals surface area contributed by atoms with Crippen LogP contribution in [-0.2, 0) is 14.4 Å². The number of halogens is 2. The summed E-state index contributed by atoms with van der Waals surface area (Å²) in [7, 11) is -5.77. The molecular formula is C33H41ClFNO4SSi. The molecule has 3 aromatic carbocycles. The van der Waals surface area contributed by atoms with Crippen molar-refractivity contribution in [3.8, 4) is 5.75 Å². The first-order valence-corrected chi connectivity index (χ1v) is 19.0. The lowest BCUT2D eigenvalue weighted by atomic mass is 10.0. The minimum atomic E-state index is -3.89. The monoisotopic (exact) mass is 629 g/mol. The fourth-order valence-electron chi connectivity index (χ4n) is 4.75. The quantitative estimate of drug-likeness (QED) is 0.135. The van der Waals surface area contributed by atoms with E-state index in [4.69, 9.17) is 20.8 Å². The second-order valence-corrected chi connectivity index (χ2v) is 19.6. The van der Waals surface area contributed by atoms with Crippen molar-refractivity contribution in [3.63, 3.8) is 0 Å². The Morgan fingerprint density at radius 2 is 1.86 bits per heavy atom. The van der Waals surface area contributed by atoms with E-state index in [2.05, 4.69) is 33.9 Å². The number of allylic oxidation sites excluding steroid dienone is 1. The van der Waals surface area contributed by atoms with Crippen LogP contribution in [0.4, 0.5) is 10.1 Å². The molecular weight excluding hydrogens is 589 g/mol. The van der Waals surface area contributed by atoms with Crippen molar-refractivity contribution in [2.45, 2.75) is 76.6 Å². The van der Waals surface area contributed by atoms with Crippen LogP contribution in [-0.4, -0.2) is 36.0 Å². The lowest BCUT2D eigenvalue weighted by molar-refractivity contribution is 0.173. The van der Waals surface area contributed by atoms with Crippen LogP contribution in [0.25, 0.3) is 11.6 Å². The Labute approximate surface area is 256 Å². The number of sulfonamides is 1. The van der Waals surface area contributed by atoms with Crippen LogP contribution in [0.1, 0.15) is 57.2 Å². The van der Waals surface area contributed by atoms with Crippen molar-refractivity contribution in [1.82, 2.24) is 0 Å². The smallest absolute Gasteiger partial charge is 0.264 e. The molecule has 4 rings (SSSR count). The first-order chi connectivity index (χ1) is 19.6. The lowest BCUT2D eigenvalue weighted by Gasteiger charge is -2.37. The number of ether oxygens (including phenoxy) is 1. The average molecular weight is 630 g/mol. The number of rotatable bonds is 9. The van der Waals surface area contributed by atoms with Crippen molar-refractivity contribution in [3.05, 3.63) is 88.2 Å². The summed E-state index contributed by atoms with van der Waals surface area (Å²) < 4.78 is 56.8. The van der Waals surface area contributed by atoms with Gasteiger partial charge in [-0.05, 0) is 97.9 Å². The van der Waals surface area contributed by atoms with Crippen LogP contribution in [0.3, 0.4) is 0 Å². The molecule has 0 bridgehead atoms. The van der Waals surface area contributed by atoms with Gasteiger partial charge in [-0.3, -0.25) is 4.31 Å². The molecule has 0 aliphatic carbocycles. The Balaban J connectivity index is 1.65. The summed E-state index contributed by atoms with van der Waals surface area (Å²) in [6.07, 6.45) is 2.88. The number of nitrogens with zero attached hydrogens (tertiary/aromatic N) is 1. The van der Waals surface area contributed by atoms with Crippen molar-refractivity contribution in [1.29, 1.82) is 0 Å². The summed E-state index contributed by atoms with van der Waals surface area (Å²) in [4.78, 5) is 0.227. The highest BCUT2D eigenvalue weighted by molar-refractivity contribution is 7.92. The molecule has 5 nitrogen and oxygen atoms in total. The molecule has 1 aliphatic heterocycles. The van der Waals surface area contributed by atoms with Crippen molar-refractivity contribution in [2.24, 2.45) is 0 Å². The molecule has 3 aromatic rings. The molecule has 1 aliphatic rings. The van der Waals surface area contributed by atoms with E-state index >= 15 is 0 Å². The van der Waals surface area contributed by atoms with E-state index in [1.807, 2.05) is 19.1 Å². The normalized spacial score (nSPS) is 16.3. The Bertz CT molecular complexity index is 1560. The molecule has 0 fully saturated rings. The van der Waals surface area contributed by atoms with Gasteiger partial charge >= 0.3 is 0 Å². The minimum Gasteiger partial charge on any atom is -0.486 e. The fourth-order valence-corrected chi connectivity index (χ4v) is 7.75. The molecule has 0 saturated carbocycles. The second kappa shape index (κ2) is 12.5. The Morgan fingerprint density at radius 1 is 1.14 bits per heavy atom. The van der Waals surface area contributed by atoms with E-state index in [0.717, 1.165) is 12.0 Å². The Kier molecular flexibility index (Phi) is 9.62. The second-order valence-electron chi connectivity index (χ2n) is 12.5. The predicted molar refractivity (Wildman–Crippen MR) is 174 cm³/mol. The fraction of sp³-hybridized carbons (Fsp3) is 0.394. The van der Waals surface area contributed by atoms with Gasteiger partial charge in [-0.1, -0.05) is 62.7 Å². The maximum Gasteiger partial charge on any atom is 0.264 e. The number of fused-ring (bicyclic) bond motifs is 1. The highest BCUT2D eigenvalue weighted by Crippen LogP contribution is 2.40. The molecule has 0 N–H and O–H groups in total. The maximum atomic E-state index is 14.6. The molecule has 0 spiro atoms. The van der Waals surface area contributed by atoms with E-state index in [1.165, 1.54) is 10.4 Å². The van der Waals surface area contributed by atoms with E-state index in [9.17, 15) is 12.8 Å². The number of benzene rings is 3. The molecule has 9 heteroatoms. The van der Waals surface area contributed by atoms with Gasteiger partial charge in [0, 0.05) is 12.2 Å². The topological polar surface area (TPSA) is 55.8 Å². The number of hydrogen-bond acceptors (Lipinski definition) is 4. The molecule has 0 unspecified atom stereocenters. The molecule has 42 heavy (non-hydrogen) atoms. The van der Waals surface area contributed by atoms with Crippen molar-refractivity contribution < 1.29 is 22.0 Å². The van der Waals surface area contributed by atoms with Crippen molar-refractivity contribution >= 4 is 47.3 Å². The van der Waals surface area contributed by atoms with Crippen LogP contribution in [0.2, 0.25) is 23.2 Å². The Morgan fingerprint density at radius 3 is 2.52 bits per heavy atom. The van der Waals surface area contributed by atoms with Crippen LogP contribution in [0.5, 0.6) is 5.75 Å². The molecule has 1 heterocycles. The summed E-state index contributed by atoms with van der Waals surface area (Å²) in [6.45, 7) is 15.5. The molecule has 226 valence electrons. The summed E-state index contributed by atoms with van der Waals surface area (Å²) in [5.41, 5.74) is 2.96. The van der Waals surface area contributed by atoms with Gasteiger partial charge < -0.3 is 9.16 Å². The summed E-state index contributed by atoms with van der Waals surface area (Å²) in [5.74, 6) is 0.0769. The third-order valence-corrected chi connectivity index (χ3v) is 14.8. The zero-order chi connectivity index (χ0) is 30.9. The first kappa shape index (κ1) is 32.3. The SMILES string of the molecule is C/C(=C\c1ccc2c(c1)N(S(=O)(=O)c1cccc(C)c1)C[C@H](CCCO[Si](C)(C)C(C)(C)C)O2)c1c(F)cccc1Cl. The van der Waals surface area contributed by atoms with E-state index in [1.54, 1.807) is 55.5 Å². The highest BCUT2D eigenvalue weighted by atomic mass is 35.5. The molecule has 1 atom stereocenters. The van der Waals surface area contributed by atoms with Gasteiger partial charge in [-0.15, -0.1) is 0 Å². The number of aryl methyl sites for hydroxylation is 1. The van der Waals surface area contributed by atoms with Gasteiger partial charge in [0.1, 0.15) is 17.7 Å². The lowest BCUT2D eigenvalue weighted by Crippen LogP contribution is -2.44. The third kappa shape index (κ3) is 7.10. The average Bonchev–Trinajstić information content (AvgIpc) is 2.90. The van der Waals surface area contributed by atoms with Gasteiger partial charge in [0.25, 0.3) is 10.0 Å². The van der Waals surface area contributed by atoms with E-state index in [0.29, 0.717) is 46.2 Å². The van der Waals surface area contributed by atoms with E-state index in [-0.39, 0.29) is 22.6 Å². The van der Waals surface area contributed by atoms with Crippen LogP contribution in [0.15, 0.2) is 65.6 Å². The third-order valence-electron chi connectivity index (χ3n) is 8.17. The summed E-state index contributed by atoms with van der Waals surface area (Å²) >= 11 is 6.29. The van der Waals surface area contributed by atoms with Crippen molar-refractivity contribution in [2.75, 3.05) is 17.5 Å². The predicted octanol–water partition coefficient (Wildman–Crippen LogP) is 9.11. The number of anilines is 1. The van der Waals surface area contributed by atoms with Gasteiger partial charge in [-0.2, -0.15) is 0 Å². The maximum absolute atomic E-state index is 14.6. The molecule has 0 radical (unpaired) electrons. The Hall–Kier alpha value is -2.65.